The maximum Gasteiger partial charge on any atom is 0.225 e. The van der Waals surface area contributed by atoms with Gasteiger partial charge in [0.25, 0.3) is 0 Å². The average Bonchev–Trinajstić information content (AvgIpc) is 3.07. The van der Waals surface area contributed by atoms with Crippen molar-refractivity contribution in [2.24, 2.45) is 11.8 Å². The second-order valence-corrected chi connectivity index (χ2v) is 7.60. The van der Waals surface area contributed by atoms with Crippen molar-refractivity contribution in [1.29, 1.82) is 0 Å². The number of hydrogen-bond donors (Lipinski definition) is 1. The molecule has 2 aromatic carbocycles. The van der Waals surface area contributed by atoms with E-state index in [4.69, 9.17) is 4.74 Å². The summed E-state index contributed by atoms with van der Waals surface area (Å²) < 4.78 is 6.00. The van der Waals surface area contributed by atoms with Crippen LogP contribution in [0.1, 0.15) is 19.3 Å². The number of nitrogens with one attached hydrogen (secondary N) is 1. The SMILES string of the molecule is O=C(CCOc1ccccc1-c1ccccc1)N1CC[C@@H]2CNC[C@@H]2CC1. The van der Waals surface area contributed by atoms with Gasteiger partial charge in [-0.15, -0.1) is 0 Å². The van der Waals surface area contributed by atoms with E-state index in [1.165, 1.54) is 0 Å². The first-order valence-corrected chi connectivity index (χ1v) is 10.1. The van der Waals surface area contributed by atoms with Gasteiger partial charge < -0.3 is 15.0 Å². The predicted octanol–water partition coefficient (Wildman–Crippen LogP) is 3.58. The molecular weight excluding hydrogens is 336 g/mol. The van der Waals surface area contributed by atoms with Gasteiger partial charge in [-0.1, -0.05) is 48.5 Å². The largest absolute Gasteiger partial charge is 0.492 e. The second kappa shape index (κ2) is 8.57. The summed E-state index contributed by atoms with van der Waals surface area (Å²) in [6, 6.07) is 18.3. The standard InChI is InChI=1S/C23H28N2O2/c26-23(25-13-10-19-16-24-17-20(19)11-14-25)12-15-27-22-9-5-4-8-21(22)18-6-2-1-3-7-18/h1-9,19-20,24H,10-17H2/t19-,20+. The fourth-order valence-electron chi connectivity index (χ4n) is 4.32. The lowest BCUT2D eigenvalue weighted by Gasteiger charge is -2.21. The number of carbonyl (C=O) groups is 1. The van der Waals surface area contributed by atoms with Gasteiger partial charge in [-0.05, 0) is 49.4 Å². The number of fused-ring (bicyclic) bond motifs is 1. The molecule has 4 heteroatoms. The first-order valence-electron chi connectivity index (χ1n) is 10.1. The average molecular weight is 364 g/mol. The van der Waals surface area contributed by atoms with Crippen molar-refractivity contribution < 1.29 is 9.53 Å². The van der Waals surface area contributed by atoms with Crippen molar-refractivity contribution >= 4 is 5.91 Å². The van der Waals surface area contributed by atoms with Crippen LogP contribution >= 0.6 is 0 Å². The molecule has 4 nitrogen and oxygen atoms in total. The first-order chi connectivity index (χ1) is 13.3. The summed E-state index contributed by atoms with van der Waals surface area (Å²) in [4.78, 5) is 14.7. The number of nitrogens with zero attached hydrogens (tertiary/aromatic N) is 1. The van der Waals surface area contributed by atoms with Crippen molar-refractivity contribution in [3.63, 3.8) is 0 Å². The molecule has 2 heterocycles. The van der Waals surface area contributed by atoms with E-state index >= 15 is 0 Å². The number of rotatable bonds is 5. The fraction of sp³-hybridized carbons (Fsp3) is 0.435. The third-order valence-corrected chi connectivity index (χ3v) is 5.92. The summed E-state index contributed by atoms with van der Waals surface area (Å²) in [6.07, 6.45) is 2.69. The highest BCUT2D eigenvalue weighted by atomic mass is 16.5. The van der Waals surface area contributed by atoms with Gasteiger partial charge in [0.15, 0.2) is 0 Å². The highest BCUT2D eigenvalue weighted by Crippen LogP contribution is 2.30. The molecule has 1 amide bonds. The molecule has 0 bridgehead atoms. The zero-order valence-electron chi connectivity index (χ0n) is 15.8. The molecule has 0 aromatic heterocycles. The van der Waals surface area contributed by atoms with Gasteiger partial charge in [0.2, 0.25) is 5.91 Å². The number of likely N-dealkylation sites (tertiary alicyclic amines) is 1. The molecule has 1 N–H and O–H groups in total. The fourth-order valence-corrected chi connectivity index (χ4v) is 4.32. The Kier molecular flexibility index (Phi) is 5.73. The van der Waals surface area contributed by atoms with E-state index in [1.807, 2.05) is 41.3 Å². The number of hydrogen-bond acceptors (Lipinski definition) is 3. The summed E-state index contributed by atoms with van der Waals surface area (Å²) in [5.41, 5.74) is 2.20. The van der Waals surface area contributed by atoms with E-state index in [0.29, 0.717) is 13.0 Å². The summed E-state index contributed by atoms with van der Waals surface area (Å²) in [5, 5.41) is 3.48. The van der Waals surface area contributed by atoms with Crippen molar-refractivity contribution in [3.05, 3.63) is 54.6 Å². The van der Waals surface area contributed by atoms with Gasteiger partial charge in [0, 0.05) is 18.7 Å². The van der Waals surface area contributed by atoms with Crippen molar-refractivity contribution in [2.45, 2.75) is 19.3 Å². The Morgan fingerprint density at radius 3 is 2.37 bits per heavy atom. The van der Waals surface area contributed by atoms with Crippen LogP contribution in [0.15, 0.2) is 54.6 Å². The Balaban J connectivity index is 1.32. The van der Waals surface area contributed by atoms with Crippen molar-refractivity contribution in [1.82, 2.24) is 10.2 Å². The molecule has 2 atom stereocenters. The molecule has 0 aliphatic carbocycles. The van der Waals surface area contributed by atoms with E-state index in [1.54, 1.807) is 0 Å². The molecule has 2 aliphatic rings. The van der Waals surface area contributed by atoms with Gasteiger partial charge >= 0.3 is 0 Å². The highest BCUT2D eigenvalue weighted by molar-refractivity contribution is 5.76. The molecule has 2 aromatic rings. The third kappa shape index (κ3) is 4.33. The quantitative estimate of drug-likeness (QED) is 0.882. The molecular formula is C23H28N2O2. The predicted molar refractivity (Wildman–Crippen MR) is 108 cm³/mol. The summed E-state index contributed by atoms with van der Waals surface area (Å²) in [7, 11) is 0. The Labute approximate surface area is 161 Å². The second-order valence-electron chi connectivity index (χ2n) is 7.60. The van der Waals surface area contributed by atoms with E-state index < -0.39 is 0 Å². The van der Waals surface area contributed by atoms with Gasteiger partial charge in [0.05, 0.1) is 13.0 Å². The Morgan fingerprint density at radius 2 is 1.63 bits per heavy atom. The van der Waals surface area contributed by atoms with Crippen LogP contribution in [0, 0.1) is 11.8 Å². The van der Waals surface area contributed by atoms with E-state index in [9.17, 15) is 4.79 Å². The monoisotopic (exact) mass is 364 g/mol. The maximum atomic E-state index is 12.6. The zero-order chi connectivity index (χ0) is 18.5. The molecule has 0 saturated carbocycles. The highest BCUT2D eigenvalue weighted by Gasteiger charge is 2.31. The smallest absolute Gasteiger partial charge is 0.225 e. The molecule has 142 valence electrons. The maximum absolute atomic E-state index is 12.6. The minimum absolute atomic E-state index is 0.222. The molecule has 0 unspecified atom stereocenters. The molecule has 0 spiro atoms. The minimum Gasteiger partial charge on any atom is -0.492 e. The lowest BCUT2D eigenvalue weighted by molar-refractivity contribution is -0.131. The lowest BCUT2D eigenvalue weighted by Crippen LogP contribution is -2.33. The van der Waals surface area contributed by atoms with Gasteiger partial charge in [-0.3, -0.25) is 4.79 Å². The van der Waals surface area contributed by atoms with E-state index in [-0.39, 0.29) is 5.91 Å². The molecule has 2 fully saturated rings. The Hall–Kier alpha value is -2.33. The number of carbonyl (C=O) groups excluding carboxylic acids is 1. The van der Waals surface area contributed by atoms with Crippen molar-refractivity contribution in [3.8, 4) is 16.9 Å². The van der Waals surface area contributed by atoms with Crippen LogP contribution in [-0.2, 0) is 4.79 Å². The van der Waals surface area contributed by atoms with Crippen LogP contribution < -0.4 is 10.1 Å². The topological polar surface area (TPSA) is 41.6 Å². The van der Waals surface area contributed by atoms with Crippen LogP contribution in [0.2, 0.25) is 0 Å². The number of ether oxygens (including phenoxy) is 1. The number of para-hydroxylation sites is 1. The molecule has 2 saturated heterocycles. The lowest BCUT2D eigenvalue weighted by atomic mass is 9.92. The van der Waals surface area contributed by atoms with Crippen LogP contribution in [-0.4, -0.2) is 43.6 Å². The third-order valence-electron chi connectivity index (χ3n) is 5.92. The van der Waals surface area contributed by atoms with Crippen LogP contribution in [0.4, 0.5) is 0 Å². The molecule has 2 aliphatic heterocycles. The van der Waals surface area contributed by atoms with Gasteiger partial charge in [-0.25, -0.2) is 0 Å². The molecule has 4 rings (SSSR count). The molecule has 0 radical (unpaired) electrons. The summed E-state index contributed by atoms with van der Waals surface area (Å²) in [5.74, 6) is 2.56. The van der Waals surface area contributed by atoms with Crippen LogP contribution in [0.3, 0.4) is 0 Å². The first kappa shape index (κ1) is 18.1. The number of benzene rings is 2. The van der Waals surface area contributed by atoms with Gasteiger partial charge in [-0.2, -0.15) is 0 Å². The van der Waals surface area contributed by atoms with Crippen LogP contribution in [0.5, 0.6) is 5.75 Å². The van der Waals surface area contributed by atoms with E-state index in [0.717, 1.165) is 67.7 Å². The van der Waals surface area contributed by atoms with Crippen LogP contribution in [0.25, 0.3) is 11.1 Å². The number of amides is 1. The van der Waals surface area contributed by atoms with Crippen molar-refractivity contribution in [2.75, 3.05) is 32.8 Å². The van der Waals surface area contributed by atoms with E-state index in [2.05, 4.69) is 23.5 Å². The Morgan fingerprint density at radius 1 is 0.963 bits per heavy atom. The zero-order valence-corrected chi connectivity index (χ0v) is 15.8. The summed E-state index contributed by atoms with van der Waals surface area (Å²) >= 11 is 0. The molecule has 27 heavy (non-hydrogen) atoms. The normalized spacial score (nSPS) is 22.1. The summed E-state index contributed by atoms with van der Waals surface area (Å²) in [6.45, 7) is 4.44. The Bertz CT molecular complexity index is 748. The van der Waals surface area contributed by atoms with Gasteiger partial charge in [0.1, 0.15) is 5.75 Å². The minimum atomic E-state index is 0.222.